The normalized spacial score (nSPS) is 11.9. The summed E-state index contributed by atoms with van der Waals surface area (Å²) in [7, 11) is 0. The Kier molecular flexibility index (Phi) is 6.90. The highest BCUT2D eigenvalue weighted by atomic mass is 79.9. The Labute approximate surface area is 119 Å². The molecule has 0 aromatic heterocycles. The van der Waals surface area contributed by atoms with Gasteiger partial charge in [0.2, 0.25) is 0 Å². The van der Waals surface area contributed by atoms with Gasteiger partial charge in [0.25, 0.3) is 0 Å². The van der Waals surface area contributed by atoms with Gasteiger partial charge in [0, 0.05) is 10.9 Å². The molecule has 1 aromatic rings. The van der Waals surface area contributed by atoms with E-state index in [9.17, 15) is 0 Å². The van der Waals surface area contributed by atoms with Gasteiger partial charge in [-0.15, -0.1) is 12.3 Å². The number of terminal acetylenes is 1. The Morgan fingerprint density at radius 1 is 1.33 bits per heavy atom. The molecule has 0 aliphatic carbocycles. The zero-order chi connectivity index (χ0) is 13.4. The summed E-state index contributed by atoms with van der Waals surface area (Å²) in [5, 5.41) is 0. The molecule has 0 fully saturated rings. The number of rotatable bonds is 7. The van der Waals surface area contributed by atoms with Crippen LogP contribution in [0, 0.1) is 12.3 Å². The fraction of sp³-hybridized carbons (Fsp3) is 0.500. The second-order valence-corrected chi connectivity index (χ2v) is 5.34. The Balaban J connectivity index is 3.00. The zero-order valence-electron chi connectivity index (χ0n) is 11.2. The molecule has 2 heteroatoms. The lowest BCUT2D eigenvalue weighted by molar-refractivity contribution is 0.311. The van der Waals surface area contributed by atoms with Crippen LogP contribution in [0.25, 0.3) is 0 Å². The first-order chi connectivity index (χ1) is 8.72. The molecule has 0 saturated heterocycles. The molecule has 0 aliphatic rings. The average Bonchev–Trinajstić information content (AvgIpc) is 2.37. The zero-order valence-corrected chi connectivity index (χ0v) is 12.8. The largest absolute Gasteiger partial charge is 0.493 e. The van der Waals surface area contributed by atoms with E-state index in [1.165, 1.54) is 5.56 Å². The van der Waals surface area contributed by atoms with E-state index in [0.717, 1.165) is 42.5 Å². The van der Waals surface area contributed by atoms with Gasteiger partial charge in [-0.3, -0.25) is 0 Å². The van der Waals surface area contributed by atoms with Crippen molar-refractivity contribution in [3.8, 4) is 18.1 Å². The quantitative estimate of drug-likeness (QED) is 0.633. The first-order valence-corrected chi connectivity index (χ1v) is 7.37. The van der Waals surface area contributed by atoms with E-state index in [1.807, 2.05) is 12.1 Å². The van der Waals surface area contributed by atoms with E-state index in [1.54, 1.807) is 0 Å². The molecule has 1 nitrogen and oxygen atoms in total. The smallest absolute Gasteiger partial charge is 0.122 e. The highest BCUT2D eigenvalue weighted by Crippen LogP contribution is 2.34. The topological polar surface area (TPSA) is 9.23 Å². The SMILES string of the molecule is C#CCC(CCC)c1cc(Br)ccc1OCCC. The lowest BCUT2D eigenvalue weighted by Gasteiger charge is -2.18. The fourth-order valence-corrected chi connectivity index (χ4v) is 2.42. The van der Waals surface area contributed by atoms with Crippen LogP contribution in [0.15, 0.2) is 22.7 Å². The molecule has 98 valence electrons. The molecular formula is C16H21BrO. The molecule has 1 unspecified atom stereocenters. The minimum atomic E-state index is 0.393. The minimum absolute atomic E-state index is 0.393. The predicted molar refractivity (Wildman–Crippen MR) is 81.0 cm³/mol. The Bertz CT molecular complexity index is 406. The van der Waals surface area contributed by atoms with E-state index in [-0.39, 0.29) is 0 Å². The van der Waals surface area contributed by atoms with Crippen molar-refractivity contribution in [3.05, 3.63) is 28.2 Å². The van der Waals surface area contributed by atoms with E-state index < -0.39 is 0 Å². The van der Waals surface area contributed by atoms with Crippen LogP contribution in [0.4, 0.5) is 0 Å². The highest BCUT2D eigenvalue weighted by Gasteiger charge is 2.15. The molecule has 1 aromatic carbocycles. The van der Waals surface area contributed by atoms with Crippen LogP contribution >= 0.6 is 15.9 Å². The monoisotopic (exact) mass is 308 g/mol. The highest BCUT2D eigenvalue weighted by molar-refractivity contribution is 9.10. The van der Waals surface area contributed by atoms with Crippen molar-refractivity contribution < 1.29 is 4.74 Å². The third kappa shape index (κ3) is 4.38. The van der Waals surface area contributed by atoms with Gasteiger partial charge in [0.15, 0.2) is 0 Å². The molecule has 18 heavy (non-hydrogen) atoms. The molecule has 0 spiro atoms. The Hall–Kier alpha value is -0.940. The first-order valence-electron chi connectivity index (χ1n) is 6.58. The molecule has 1 atom stereocenters. The van der Waals surface area contributed by atoms with Crippen molar-refractivity contribution >= 4 is 15.9 Å². The Morgan fingerprint density at radius 2 is 2.11 bits per heavy atom. The Morgan fingerprint density at radius 3 is 2.72 bits per heavy atom. The van der Waals surface area contributed by atoms with Crippen molar-refractivity contribution in [2.45, 2.75) is 45.4 Å². The summed E-state index contributed by atoms with van der Waals surface area (Å²) in [6, 6.07) is 6.20. The summed E-state index contributed by atoms with van der Waals surface area (Å²) in [6.45, 7) is 5.06. The standard InChI is InChI=1S/C16H21BrO/c1-4-7-13(8-5-2)15-12-14(17)9-10-16(15)18-11-6-3/h1,9-10,12-13H,5-8,11H2,2-3H3. The number of benzene rings is 1. The number of halogens is 1. The van der Waals surface area contributed by atoms with E-state index in [0.29, 0.717) is 5.92 Å². The summed E-state index contributed by atoms with van der Waals surface area (Å²) in [6.07, 6.45) is 9.50. The van der Waals surface area contributed by atoms with Gasteiger partial charge in [-0.25, -0.2) is 0 Å². The third-order valence-corrected chi connectivity index (χ3v) is 3.37. The predicted octanol–water partition coefficient (Wildman–Crippen LogP) is 5.14. The van der Waals surface area contributed by atoms with Crippen molar-refractivity contribution in [1.29, 1.82) is 0 Å². The van der Waals surface area contributed by atoms with Crippen molar-refractivity contribution in [2.24, 2.45) is 0 Å². The maximum atomic E-state index is 5.83. The van der Waals surface area contributed by atoms with E-state index in [4.69, 9.17) is 11.2 Å². The molecular weight excluding hydrogens is 288 g/mol. The second-order valence-electron chi connectivity index (χ2n) is 4.42. The van der Waals surface area contributed by atoms with Crippen molar-refractivity contribution in [3.63, 3.8) is 0 Å². The molecule has 0 bridgehead atoms. The first kappa shape index (κ1) is 15.1. The number of hydrogen-bond acceptors (Lipinski definition) is 1. The van der Waals surface area contributed by atoms with Gasteiger partial charge in [-0.1, -0.05) is 36.2 Å². The van der Waals surface area contributed by atoms with Crippen molar-refractivity contribution in [1.82, 2.24) is 0 Å². The summed E-state index contributed by atoms with van der Waals surface area (Å²) >= 11 is 3.53. The van der Waals surface area contributed by atoms with E-state index >= 15 is 0 Å². The fourth-order valence-electron chi connectivity index (χ4n) is 2.04. The van der Waals surface area contributed by atoms with Crippen LogP contribution < -0.4 is 4.74 Å². The number of hydrogen-bond donors (Lipinski definition) is 0. The van der Waals surface area contributed by atoms with Crippen LogP contribution in [0.2, 0.25) is 0 Å². The van der Waals surface area contributed by atoms with Crippen LogP contribution in [0.3, 0.4) is 0 Å². The van der Waals surface area contributed by atoms with Gasteiger partial charge in [-0.2, -0.15) is 0 Å². The summed E-state index contributed by atoms with van der Waals surface area (Å²) < 4.78 is 6.91. The molecule has 0 N–H and O–H groups in total. The maximum absolute atomic E-state index is 5.83. The van der Waals surface area contributed by atoms with Crippen LogP contribution in [0.5, 0.6) is 5.75 Å². The maximum Gasteiger partial charge on any atom is 0.122 e. The van der Waals surface area contributed by atoms with Gasteiger partial charge in [-0.05, 0) is 42.5 Å². The summed E-state index contributed by atoms with van der Waals surface area (Å²) in [5.41, 5.74) is 1.23. The van der Waals surface area contributed by atoms with Crippen LogP contribution in [0.1, 0.15) is 51.0 Å². The summed E-state index contributed by atoms with van der Waals surface area (Å²) in [5.74, 6) is 4.16. The molecule has 0 heterocycles. The third-order valence-electron chi connectivity index (χ3n) is 2.87. The average molecular weight is 309 g/mol. The van der Waals surface area contributed by atoms with Crippen molar-refractivity contribution in [2.75, 3.05) is 6.61 Å². The molecule has 1 rings (SSSR count). The lowest BCUT2D eigenvalue weighted by atomic mass is 9.91. The van der Waals surface area contributed by atoms with Crippen LogP contribution in [-0.4, -0.2) is 6.61 Å². The summed E-state index contributed by atoms with van der Waals surface area (Å²) in [4.78, 5) is 0. The van der Waals surface area contributed by atoms with Gasteiger partial charge in [0.05, 0.1) is 6.61 Å². The van der Waals surface area contributed by atoms with Crippen LogP contribution in [-0.2, 0) is 0 Å². The minimum Gasteiger partial charge on any atom is -0.493 e. The molecule has 0 radical (unpaired) electrons. The lowest BCUT2D eigenvalue weighted by Crippen LogP contribution is -2.04. The number of ether oxygens (including phenoxy) is 1. The van der Waals surface area contributed by atoms with E-state index in [2.05, 4.69) is 41.8 Å². The van der Waals surface area contributed by atoms with Gasteiger partial charge >= 0.3 is 0 Å². The van der Waals surface area contributed by atoms with Gasteiger partial charge < -0.3 is 4.74 Å². The molecule has 0 saturated carbocycles. The molecule has 0 amide bonds. The van der Waals surface area contributed by atoms with Gasteiger partial charge in [0.1, 0.15) is 5.75 Å². The second kappa shape index (κ2) is 8.21. The molecule has 0 aliphatic heterocycles.